The van der Waals surface area contributed by atoms with E-state index in [4.69, 9.17) is 27.9 Å². The average Bonchev–Trinajstić information content (AvgIpc) is 3.04. The molecule has 0 aliphatic heterocycles. The quantitative estimate of drug-likeness (QED) is 0.512. The summed E-state index contributed by atoms with van der Waals surface area (Å²) >= 11 is 13.4. The van der Waals surface area contributed by atoms with Crippen molar-refractivity contribution in [1.29, 1.82) is 0 Å². The van der Waals surface area contributed by atoms with Gasteiger partial charge in [-0.15, -0.1) is 11.3 Å². The number of benzene rings is 2. The first kappa shape index (κ1) is 20.6. The third kappa shape index (κ3) is 5.47. The average molecular weight is 435 g/mol. The lowest BCUT2D eigenvalue weighted by Gasteiger charge is -2.14. The van der Waals surface area contributed by atoms with Gasteiger partial charge < -0.3 is 4.74 Å². The van der Waals surface area contributed by atoms with Crippen LogP contribution in [0.2, 0.25) is 10.0 Å². The minimum absolute atomic E-state index is 0.241. The summed E-state index contributed by atoms with van der Waals surface area (Å²) in [5, 5.41) is 4.40. The SMILES string of the molecule is Cc1cc(C)cc(OC(C)C(=O)Nc2ncc(Cc3ccc(Cl)c(Cl)c3)s2)c1. The molecule has 0 radical (unpaired) electrons. The van der Waals surface area contributed by atoms with Crippen molar-refractivity contribution in [2.45, 2.75) is 33.3 Å². The summed E-state index contributed by atoms with van der Waals surface area (Å²) in [6.07, 6.45) is 1.78. The number of hydrogen-bond donors (Lipinski definition) is 1. The highest BCUT2D eigenvalue weighted by Crippen LogP contribution is 2.26. The van der Waals surface area contributed by atoms with Crippen LogP contribution in [0.5, 0.6) is 5.75 Å². The number of hydrogen-bond acceptors (Lipinski definition) is 4. The van der Waals surface area contributed by atoms with Crippen molar-refractivity contribution in [3.05, 3.63) is 74.2 Å². The van der Waals surface area contributed by atoms with Crippen molar-refractivity contribution in [3.8, 4) is 5.75 Å². The lowest BCUT2D eigenvalue weighted by Crippen LogP contribution is -2.30. The molecule has 28 heavy (non-hydrogen) atoms. The fraction of sp³-hybridized carbons (Fsp3) is 0.238. The molecule has 2 aromatic carbocycles. The van der Waals surface area contributed by atoms with E-state index in [-0.39, 0.29) is 5.91 Å². The number of nitrogens with zero attached hydrogens (tertiary/aromatic N) is 1. The maximum absolute atomic E-state index is 12.4. The molecule has 7 heteroatoms. The highest BCUT2D eigenvalue weighted by Gasteiger charge is 2.17. The van der Waals surface area contributed by atoms with Gasteiger partial charge in [-0.05, 0) is 61.7 Å². The molecule has 146 valence electrons. The summed E-state index contributed by atoms with van der Waals surface area (Å²) in [5.41, 5.74) is 3.21. The van der Waals surface area contributed by atoms with Crippen molar-refractivity contribution in [1.82, 2.24) is 4.98 Å². The summed E-state index contributed by atoms with van der Waals surface area (Å²) < 4.78 is 5.77. The third-order valence-electron chi connectivity index (χ3n) is 4.02. The molecule has 1 atom stereocenters. The summed E-state index contributed by atoms with van der Waals surface area (Å²) in [7, 11) is 0. The predicted octanol–water partition coefficient (Wildman–Crippen LogP) is 6.06. The molecule has 0 spiro atoms. The molecule has 1 unspecified atom stereocenters. The highest BCUT2D eigenvalue weighted by atomic mass is 35.5. The van der Waals surface area contributed by atoms with E-state index < -0.39 is 6.10 Å². The molecule has 0 saturated carbocycles. The van der Waals surface area contributed by atoms with Crippen LogP contribution in [0.25, 0.3) is 0 Å². The number of aromatic nitrogens is 1. The van der Waals surface area contributed by atoms with Gasteiger partial charge in [0, 0.05) is 17.5 Å². The molecule has 0 fully saturated rings. The smallest absolute Gasteiger partial charge is 0.266 e. The Balaban J connectivity index is 1.60. The Bertz CT molecular complexity index is 984. The van der Waals surface area contributed by atoms with E-state index >= 15 is 0 Å². The van der Waals surface area contributed by atoms with E-state index in [0.29, 0.717) is 27.3 Å². The van der Waals surface area contributed by atoms with Gasteiger partial charge in [0.05, 0.1) is 10.0 Å². The van der Waals surface area contributed by atoms with Crippen molar-refractivity contribution >= 4 is 45.6 Å². The number of amides is 1. The number of aryl methyl sites for hydroxylation is 2. The first-order valence-corrected chi connectivity index (χ1v) is 10.3. The van der Waals surface area contributed by atoms with E-state index in [1.807, 2.05) is 38.1 Å². The Morgan fingerprint density at radius 2 is 1.86 bits per heavy atom. The lowest BCUT2D eigenvalue weighted by molar-refractivity contribution is -0.122. The molecule has 0 saturated heterocycles. The van der Waals surface area contributed by atoms with Crippen LogP contribution in [-0.2, 0) is 11.2 Å². The van der Waals surface area contributed by atoms with E-state index in [2.05, 4.69) is 16.4 Å². The second-order valence-electron chi connectivity index (χ2n) is 6.63. The van der Waals surface area contributed by atoms with Crippen LogP contribution in [0.15, 0.2) is 42.6 Å². The van der Waals surface area contributed by atoms with Gasteiger partial charge in [-0.25, -0.2) is 4.98 Å². The number of carbonyl (C=O) groups excluding carboxylic acids is 1. The second-order valence-corrected chi connectivity index (χ2v) is 8.56. The van der Waals surface area contributed by atoms with Crippen LogP contribution < -0.4 is 10.1 Å². The molecule has 0 aliphatic rings. The Kier molecular flexibility index (Phi) is 6.60. The Morgan fingerprint density at radius 3 is 2.54 bits per heavy atom. The first-order chi connectivity index (χ1) is 13.3. The largest absolute Gasteiger partial charge is 0.481 e. The molecule has 0 bridgehead atoms. The van der Waals surface area contributed by atoms with Gasteiger partial charge in [0.25, 0.3) is 5.91 Å². The predicted molar refractivity (Wildman–Crippen MR) is 116 cm³/mol. The van der Waals surface area contributed by atoms with Crippen molar-refractivity contribution in [2.75, 3.05) is 5.32 Å². The lowest BCUT2D eigenvalue weighted by atomic mass is 10.1. The van der Waals surface area contributed by atoms with E-state index in [1.165, 1.54) is 11.3 Å². The monoisotopic (exact) mass is 434 g/mol. The van der Waals surface area contributed by atoms with Gasteiger partial charge in [-0.1, -0.05) is 35.3 Å². The number of thiazole rings is 1. The Hall–Kier alpha value is -2.08. The molecule has 0 aliphatic carbocycles. The van der Waals surface area contributed by atoms with Crippen LogP contribution >= 0.6 is 34.5 Å². The molecule has 1 N–H and O–H groups in total. The van der Waals surface area contributed by atoms with Crippen molar-refractivity contribution in [3.63, 3.8) is 0 Å². The molecular weight excluding hydrogens is 415 g/mol. The van der Waals surface area contributed by atoms with Crippen LogP contribution in [0, 0.1) is 13.8 Å². The van der Waals surface area contributed by atoms with Gasteiger partial charge in [-0.3, -0.25) is 10.1 Å². The molecular formula is C21H20Cl2N2O2S. The van der Waals surface area contributed by atoms with Gasteiger partial charge >= 0.3 is 0 Å². The molecule has 1 amide bonds. The first-order valence-electron chi connectivity index (χ1n) is 8.74. The normalized spacial score (nSPS) is 11.9. The van der Waals surface area contributed by atoms with E-state index in [0.717, 1.165) is 21.6 Å². The van der Waals surface area contributed by atoms with Gasteiger partial charge in [0.2, 0.25) is 0 Å². The molecule has 3 aromatic rings. The molecule has 4 nitrogen and oxygen atoms in total. The Labute approximate surface area is 178 Å². The number of carbonyl (C=O) groups is 1. The number of ether oxygens (including phenoxy) is 1. The summed E-state index contributed by atoms with van der Waals surface area (Å²) in [5.74, 6) is 0.439. The second kappa shape index (κ2) is 8.95. The zero-order valence-corrected chi connectivity index (χ0v) is 18.1. The van der Waals surface area contributed by atoms with E-state index in [9.17, 15) is 4.79 Å². The standard InChI is InChI=1S/C21H20Cl2N2O2S/c1-12-6-13(2)8-16(7-12)27-14(3)20(26)25-21-24-11-17(28-21)9-15-4-5-18(22)19(23)10-15/h4-8,10-11,14H,9H2,1-3H3,(H,24,25,26). The Morgan fingerprint density at radius 1 is 1.14 bits per heavy atom. The molecule has 1 aromatic heterocycles. The molecule has 1 heterocycles. The molecule has 3 rings (SSSR count). The summed E-state index contributed by atoms with van der Waals surface area (Å²) in [6.45, 7) is 5.71. The summed E-state index contributed by atoms with van der Waals surface area (Å²) in [6, 6.07) is 11.4. The zero-order chi connectivity index (χ0) is 20.3. The van der Waals surface area contributed by atoms with Crippen LogP contribution in [-0.4, -0.2) is 17.0 Å². The third-order valence-corrected chi connectivity index (χ3v) is 5.68. The number of nitrogens with one attached hydrogen (secondary N) is 1. The van der Waals surface area contributed by atoms with Gasteiger partial charge in [0.15, 0.2) is 11.2 Å². The van der Waals surface area contributed by atoms with E-state index in [1.54, 1.807) is 19.2 Å². The fourth-order valence-electron chi connectivity index (χ4n) is 2.76. The minimum atomic E-state index is -0.636. The summed E-state index contributed by atoms with van der Waals surface area (Å²) in [4.78, 5) is 17.7. The van der Waals surface area contributed by atoms with Crippen molar-refractivity contribution < 1.29 is 9.53 Å². The minimum Gasteiger partial charge on any atom is -0.481 e. The number of halogens is 2. The number of anilines is 1. The van der Waals surface area contributed by atoms with Crippen LogP contribution in [0.4, 0.5) is 5.13 Å². The highest BCUT2D eigenvalue weighted by molar-refractivity contribution is 7.15. The maximum Gasteiger partial charge on any atom is 0.266 e. The maximum atomic E-state index is 12.4. The van der Waals surface area contributed by atoms with Crippen molar-refractivity contribution in [2.24, 2.45) is 0 Å². The van der Waals surface area contributed by atoms with Crippen LogP contribution in [0.1, 0.15) is 28.5 Å². The number of rotatable bonds is 6. The van der Waals surface area contributed by atoms with Crippen LogP contribution in [0.3, 0.4) is 0 Å². The zero-order valence-electron chi connectivity index (χ0n) is 15.8. The fourth-order valence-corrected chi connectivity index (χ4v) is 3.93. The van der Waals surface area contributed by atoms with Gasteiger partial charge in [0.1, 0.15) is 5.75 Å². The van der Waals surface area contributed by atoms with Gasteiger partial charge in [-0.2, -0.15) is 0 Å². The topological polar surface area (TPSA) is 51.2 Å².